The van der Waals surface area contributed by atoms with Crippen molar-refractivity contribution in [3.63, 3.8) is 0 Å². The SMILES string of the molecule is COc1ccc([C@@H](C(=O)NCCC(C)C)N(C(=O)c2snc(C(N)=O)c2N)c2ccc(C)cc2C)cc1OC. The van der Waals surface area contributed by atoms with Crippen LogP contribution in [0.5, 0.6) is 11.5 Å². The molecular weight excluding hydrogens is 518 g/mol. The minimum absolute atomic E-state index is 0.00392. The quantitative estimate of drug-likeness (QED) is 0.325. The number of nitrogens with one attached hydrogen (secondary N) is 1. The largest absolute Gasteiger partial charge is 0.493 e. The average Bonchev–Trinajstić information content (AvgIpc) is 3.28. The first kappa shape index (κ1) is 29.4. The molecule has 0 unspecified atom stereocenters. The van der Waals surface area contributed by atoms with E-state index in [-0.39, 0.29) is 16.3 Å². The molecule has 39 heavy (non-hydrogen) atoms. The van der Waals surface area contributed by atoms with Gasteiger partial charge in [0, 0.05) is 12.2 Å². The van der Waals surface area contributed by atoms with Gasteiger partial charge in [0.25, 0.3) is 11.8 Å². The molecule has 0 fully saturated rings. The summed E-state index contributed by atoms with van der Waals surface area (Å²) in [5, 5.41) is 2.98. The fourth-order valence-corrected chi connectivity index (χ4v) is 4.94. The minimum Gasteiger partial charge on any atom is -0.493 e. The van der Waals surface area contributed by atoms with Gasteiger partial charge >= 0.3 is 0 Å². The summed E-state index contributed by atoms with van der Waals surface area (Å²) in [4.78, 5) is 41.4. The molecule has 3 aromatic rings. The molecule has 0 spiro atoms. The second kappa shape index (κ2) is 12.6. The number of nitrogens with zero attached hydrogens (tertiary/aromatic N) is 2. The van der Waals surface area contributed by atoms with Gasteiger partial charge in [-0.3, -0.25) is 19.3 Å². The number of benzene rings is 2. The number of ether oxygens (including phenoxy) is 2. The van der Waals surface area contributed by atoms with E-state index in [4.69, 9.17) is 20.9 Å². The van der Waals surface area contributed by atoms with Crippen LogP contribution < -0.4 is 31.2 Å². The molecule has 0 aliphatic heterocycles. The van der Waals surface area contributed by atoms with E-state index in [1.54, 1.807) is 24.3 Å². The molecule has 3 rings (SSSR count). The molecule has 1 heterocycles. The van der Waals surface area contributed by atoms with Crippen molar-refractivity contribution in [2.45, 2.75) is 40.2 Å². The molecule has 3 amide bonds. The molecule has 10 nitrogen and oxygen atoms in total. The van der Waals surface area contributed by atoms with Crippen LogP contribution in [0.4, 0.5) is 11.4 Å². The standard InChI is InChI=1S/C28H35N5O5S/c1-15(2)11-12-31-27(35)24(18-8-10-20(37-5)21(14-18)38-6)33(19-9-7-16(3)13-17(19)4)28(36)25-22(29)23(26(30)34)32-39-25/h7-10,13-15,24H,11-12,29H2,1-6H3,(H2,30,34)(H,31,35)/t24-/m0/s1. The van der Waals surface area contributed by atoms with Crippen molar-refractivity contribution in [2.24, 2.45) is 11.7 Å². The zero-order chi connectivity index (χ0) is 28.9. The van der Waals surface area contributed by atoms with E-state index in [1.165, 1.54) is 19.1 Å². The van der Waals surface area contributed by atoms with Crippen molar-refractivity contribution in [2.75, 3.05) is 31.4 Å². The molecule has 1 aromatic heterocycles. The number of methoxy groups -OCH3 is 2. The molecule has 2 aromatic carbocycles. The van der Waals surface area contributed by atoms with Crippen LogP contribution in [0.1, 0.15) is 63.2 Å². The molecule has 0 radical (unpaired) electrons. The first-order valence-corrected chi connectivity index (χ1v) is 13.2. The number of nitrogens with two attached hydrogens (primary N) is 2. The normalized spacial score (nSPS) is 11.7. The van der Waals surface area contributed by atoms with Crippen LogP contribution in [0.15, 0.2) is 36.4 Å². The van der Waals surface area contributed by atoms with E-state index in [0.717, 1.165) is 29.1 Å². The predicted octanol–water partition coefficient (Wildman–Crippen LogP) is 4.01. The van der Waals surface area contributed by atoms with Crippen molar-refractivity contribution >= 4 is 40.6 Å². The second-order valence-electron chi connectivity index (χ2n) is 9.59. The van der Waals surface area contributed by atoms with Crippen LogP contribution in [-0.4, -0.2) is 42.9 Å². The monoisotopic (exact) mass is 553 g/mol. The molecular formula is C28H35N5O5S. The van der Waals surface area contributed by atoms with Gasteiger partial charge in [0.1, 0.15) is 10.9 Å². The molecule has 208 valence electrons. The van der Waals surface area contributed by atoms with Gasteiger partial charge in [-0.2, -0.15) is 4.37 Å². The summed E-state index contributed by atoms with van der Waals surface area (Å²) in [6.07, 6.45) is 0.756. The van der Waals surface area contributed by atoms with E-state index in [0.29, 0.717) is 35.2 Å². The number of amides is 3. The lowest BCUT2D eigenvalue weighted by Gasteiger charge is -2.33. The van der Waals surface area contributed by atoms with Crippen LogP contribution in [0.2, 0.25) is 0 Å². The molecule has 1 atom stereocenters. The first-order chi connectivity index (χ1) is 18.5. The van der Waals surface area contributed by atoms with Gasteiger partial charge in [-0.05, 0) is 67.0 Å². The second-order valence-corrected chi connectivity index (χ2v) is 10.4. The number of carbonyl (C=O) groups excluding carboxylic acids is 3. The highest BCUT2D eigenvalue weighted by Gasteiger charge is 2.37. The maximum atomic E-state index is 14.2. The summed E-state index contributed by atoms with van der Waals surface area (Å²) >= 11 is 0.761. The minimum atomic E-state index is -1.12. The van der Waals surface area contributed by atoms with Crippen molar-refractivity contribution in [3.05, 3.63) is 63.7 Å². The van der Waals surface area contributed by atoms with Crippen molar-refractivity contribution in [1.29, 1.82) is 0 Å². The van der Waals surface area contributed by atoms with Crippen molar-refractivity contribution in [1.82, 2.24) is 9.69 Å². The number of rotatable bonds is 11. The van der Waals surface area contributed by atoms with Crippen LogP contribution in [-0.2, 0) is 4.79 Å². The molecule has 0 bridgehead atoms. The summed E-state index contributed by atoms with van der Waals surface area (Å²) in [6, 6.07) is 9.50. The summed E-state index contributed by atoms with van der Waals surface area (Å²) in [6.45, 7) is 8.34. The van der Waals surface area contributed by atoms with Crippen LogP contribution in [0.3, 0.4) is 0 Å². The van der Waals surface area contributed by atoms with Gasteiger partial charge in [0.15, 0.2) is 17.2 Å². The lowest BCUT2D eigenvalue weighted by atomic mass is 9.99. The van der Waals surface area contributed by atoms with E-state index < -0.39 is 23.8 Å². The maximum absolute atomic E-state index is 14.2. The molecule has 0 saturated carbocycles. The molecule has 11 heteroatoms. The van der Waals surface area contributed by atoms with Crippen molar-refractivity contribution < 1.29 is 23.9 Å². The van der Waals surface area contributed by atoms with Crippen LogP contribution in [0.25, 0.3) is 0 Å². The van der Waals surface area contributed by atoms with Gasteiger partial charge in [0.2, 0.25) is 5.91 Å². The number of primary amides is 1. The highest BCUT2D eigenvalue weighted by molar-refractivity contribution is 7.09. The third-order valence-corrected chi connectivity index (χ3v) is 7.09. The highest BCUT2D eigenvalue weighted by Crippen LogP contribution is 2.38. The number of anilines is 2. The van der Waals surface area contributed by atoms with Crippen LogP contribution >= 0.6 is 11.5 Å². The highest BCUT2D eigenvalue weighted by atomic mass is 32.1. The number of hydrogen-bond acceptors (Lipinski definition) is 8. The van der Waals surface area contributed by atoms with Crippen LogP contribution in [0, 0.1) is 19.8 Å². The summed E-state index contributed by atoms with van der Waals surface area (Å²) in [5.74, 6) is -0.591. The summed E-state index contributed by atoms with van der Waals surface area (Å²) in [5.41, 5.74) is 14.0. The topological polar surface area (TPSA) is 150 Å². The maximum Gasteiger partial charge on any atom is 0.273 e. The zero-order valence-electron chi connectivity index (χ0n) is 23.0. The molecule has 0 aliphatic rings. The Kier molecular flexibility index (Phi) is 9.52. The molecule has 5 N–H and O–H groups in total. The third kappa shape index (κ3) is 6.48. The smallest absolute Gasteiger partial charge is 0.273 e. The lowest BCUT2D eigenvalue weighted by Crippen LogP contribution is -2.44. The Labute approximate surface area is 232 Å². The number of aromatic nitrogens is 1. The van der Waals surface area contributed by atoms with Crippen molar-refractivity contribution in [3.8, 4) is 11.5 Å². The first-order valence-electron chi connectivity index (χ1n) is 12.5. The van der Waals surface area contributed by atoms with Gasteiger partial charge in [0.05, 0.1) is 19.9 Å². The summed E-state index contributed by atoms with van der Waals surface area (Å²) < 4.78 is 14.9. The van der Waals surface area contributed by atoms with Gasteiger partial charge in [-0.25, -0.2) is 0 Å². The van der Waals surface area contributed by atoms with Gasteiger partial charge < -0.3 is 26.3 Å². The Hall–Kier alpha value is -4.12. The number of nitrogen functional groups attached to an aromatic ring is 1. The Balaban J connectivity index is 2.26. The Morgan fingerprint density at radius 3 is 2.31 bits per heavy atom. The lowest BCUT2D eigenvalue weighted by molar-refractivity contribution is -0.122. The molecule has 0 saturated heterocycles. The number of carbonyl (C=O) groups is 3. The number of aryl methyl sites for hydroxylation is 2. The van der Waals surface area contributed by atoms with E-state index in [2.05, 4.69) is 23.5 Å². The Morgan fingerprint density at radius 2 is 1.74 bits per heavy atom. The van der Waals surface area contributed by atoms with Gasteiger partial charge in [-0.15, -0.1) is 0 Å². The Morgan fingerprint density at radius 1 is 1.05 bits per heavy atom. The fraction of sp³-hybridized carbons (Fsp3) is 0.357. The average molecular weight is 554 g/mol. The van der Waals surface area contributed by atoms with E-state index >= 15 is 0 Å². The fourth-order valence-electron chi connectivity index (χ4n) is 4.20. The van der Waals surface area contributed by atoms with E-state index in [9.17, 15) is 14.4 Å². The molecule has 0 aliphatic carbocycles. The summed E-state index contributed by atoms with van der Waals surface area (Å²) in [7, 11) is 3.01. The van der Waals surface area contributed by atoms with E-state index in [1.807, 2.05) is 26.0 Å². The number of hydrogen-bond donors (Lipinski definition) is 3. The zero-order valence-corrected chi connectivity index (χ0v) is 23.8. The van der Waals surface area contributed by atoms with Gasteiger partial charge in [-0.1, -0.05) is 37.6 Å². The Bertz CT molecular complexity index is 1370. The third-order valence-electron chi connectivity index (χ3n) is 6.24. The predicted molar refractivity (Wildman–Crippen MR) is 153 cm³/mol.